The summed E-state index contributed by atoms with van der Waals surface area (Å²) < 4.78 is 6.74. The van der Waals surface area contributed by atoms with Gasteiger partial charge in [0.05, 0.1) is 16.6 Å². The van der Waals surface area contributed by atoms with Crippen molar-refractivity contribution < 1.29 is 19.1 Å². The van der Waals surface area contributed by atoms with Crippen molar-refractivity contribution in [3.8, 4) is 0 Å². The van der Waals surface area contributed by atoms with Crippen LogP contribution in [0.1, 0.15) is 29.2 Å². The third kappa shape index (κ3) is 3.87. The zero-order valence-electron chi connectivity index (χ0n) is 16.0. The number of nitrogens with two attached hydrogens (primary N) is 1. The number of nitrogens with zero attached hydrogens (tertiary/aromatic N) is 4. The zero-order chi connectivity index (χ0) is 22.1. The maximum Gasteiger partial charge on any atom is 0.339 e. The molecule has 2 amide bonds. The predicted molar refractivity (Wildman–Crippen MR) is 118 cm³/mol. The maximum absolute atomic E-state index is 13.0. The van der Waals surface area contributed by atoms with Crippen molar-refractivity contribution in [3.05, 3.63) is 62.0 Å². The number of hydrogen-bond donors (Lipinski definition) is 1. The Bertz CT molecular complexity index is 1260. The molecule has 0 bridgehead atoms. The number of imide groups is 1. The highest BCUT2D eigenvalue weighted by Gasteiger charge is 2.37. The van der Waals surface area contributed by atoms with Crippen molar-refractivity contribution in [2.45, 2.75) is 18.9 Å². The van der Waals surface area contributed by atoms with E-state index in [9.17, 15) is 19.2 Å². The molecule has 1 aromatic heterocycles. The van der Waals surface area contributed by atoms with E-state index in [0.29, 0.717) is 9.09 Å². The summed E-state index contributed by atoms with van der Waals surface area (Å²) in [7, 11) is 0. The predicted octanol–water partition coefficient (Wildman–Crippen LogP) is 1.48. The van der Waals surface area contributed by atoms with Crippen LogP contribution in [0.3, 0.4) is 0 Å². The highest BCUT2D eigenvalue weighted by Crippen LogP contribution is 2.25. The van der Waals surface area contributed by atoms with Gasteiger partial charge in [0.25, 0.3) is 11.5 Å². The molecule has 2 aromatic carbocycles. The second kappa shape index (κ2) is 8.41. The summed E-state index contributed by atoms with van der Waals surface area (Å²) in [5, 5.41) is 8.04. The van der Waals surface area contributed by atoms with Crippen LogP contribution in [0.15, 0.2) is 47.3 Å². The van der Waals surface area contributed by atoms with Crippen LogP contribution in [0.2, 0.25) is 0 Å². The second-order valence-corrected chi connectivity index (χ2v) is 8.00. The van der Waals surface area contributed by atoms with Crippen LogP contribution in [-0.4, -0.2) is 44.4 Å². The minimum atomic E-state index is -1.06. The molecule has 11 heteroatoms. The summed E-state index contributed by atoms with van der Waals surface area (Å²) in [5.74, 6) is -1.87. The van der Waals surface area contributed by atoms with Gasteiger partial charge in [-0.2, -0.15) is 4.68 Å². The number of carbonyl (C=O) groups excluding carboxylic acids is 3. The number of rotatable bonds is 4. The number of carbonyl (C=O) groups is 3. The molecule has 158 valence electrons. The van der Waals surface area contributed by atoms with E-state index in [1.807, 2.05) is 22.6 Å². The average Bonchev–Trinajstić information content (AvgIpc) is 2.77. The first-order valence-electron chi connectivity index (χ1n) is 9.28. The van der Waals surface area contributed by atoms with Crippen LogP contribution < -0.4 is 11.3 Å². The Labute approximate surface area is 189 Å². The van der Waals surface area contributed by atoms with Crippen molar-refractivity contribution in [1.29, 1.82) is 0 Å². The number of piperidine rings is 1. The van der Waals surface area contributed by atoms with Gasteiger partial charge in [-0.05, 0) is 53.3 Å². The number of likely N-dealkylation sites (tertiary alicyclic amines) is 1. The minimum absolute atomic E-state index is 0.0206. The van der Waals surface area contributed by atoms with Gasteiger partial charge in [0.15, 0.2) is 6.73 Å². The van der Waals surface area contributed by atoms with Gasteiger partial charge in [0.1, 0.15) is 11.6 Å². The summed E-state index contributed by atoms with van der Waals surface area (Å²) in [6.07, 6.45) is 0.0536. The molecule has 3 aromatic rings. The first-order valence-corrected chi connectivity index (χ1v) is 10.4. The first-order chi connectivity index (χ1) is 14.9. The van der Waals surface area contributed by atoms with Crippen molar-refractivity contribution in [1.82, 2.24) is 19.9 Å². The standard InChI is InChI=1S/C20H16IN5O5/c21-12-6-7-13-16(17(12)22)19(29)26(24-23-13)14-8-9-15(27)25(18(14)28)10-31-20(30)11-4-2-1-3-5-11/h1-7,14H,8-10,22H2. The number of ether oxygens (including phenoxy) is 1. The number of hydrogen-bond acceptors (Lipinski definition) is 8. The fourth-order valence-electron chi connectivity index (χ4n) is 3.31. The number of esters is 1. The number of nitrogen functional groups attached to an aromatic ring is 1. The summed E-state index contributed by atoms with van der Waals surface area (Å²) >= 11 is 2.00. The van der Waals surface area contributed by atoms with Crippen LogP contribution in [0.4, 0.5) is 5.69 Å². The minimum Gasteiger partial charge on any atom is -0.440 e. The van der Waals surface area contributed by atoms with Gasteiger partial charge in [-0.1, -0.05) is 23.4 Å². The summed E-state index contributed by atoms with van der Waals surface area (Å²) in [6.45, 7) is -0.558. The molecule has 0 aliphatic carbocycles. The number of halogens is 1. The maximum atomic E-state index is 13.0. The molecule has 31 heavy (non-hydrogen) atoms. The molecule has 0 saturated carbocycles. The molecular formula is C20H16IN5O5. The van der Waals surface area contributed by atoms with E-state index >= 15 is 0 Å². The number of fused-ring (bicyclic) bond motifs is 1. The molecule has 2 N–H and O–H groups in total. The fourth-order valence-corrected chi connectivity index (χ4v) is 3.76. The molecule has 0 radical (unpaired) electrons. The lowest BCUT2D eigenvalue weighted by molar-refractivity contribution is -0.156. The Morgan fingerprint density at radius 2 is 1.90 bits per heavy atom. The van der Waals surface area contributed by atoms with Crippen LogP contribution >= 0.6 is 22.6 Å². The summed E-state index contributed by atoms with van der Waals surface area (Å²) in [6, 6.07) is 10.5. The molecular weight excluding hydrogens is 517 g/mol. The Morgan fingerprint density at radius 3 is 2.65 bits per heavy atom. The molecule has 10 nitrogen and oxygen atoms in total. The molecule has 2 heterocycles. The van der Waals surface area contributed by atoms with Crippen LogP contribution in [0, 0.1) is 3.57 Å². The van der Waals surface area contributed by atoms with Gasteiger partial charge in [-0.15, -0.1) is 5.10 Å². The fraction of sp³-hybridized carbons (Fsp3) is 0.200. The number of aromatic nitrogens is 3. The number of benzene rings is 2. The Balaban J connectivity index is 1.60. The lowest BCUT2D eigenvalue weighted by atomic mass is 10.0. The molecule has 1 atom stereocenters. The molecule has 4 rings (SSSR count). The molecule has 1 aliphatic rings. The highest BCUT2D eigenvalue weighted by molar-refractivity contribution is 14.1. The zero-order valence-corrected chi connectivity index (χ0v) is 18.2. The van der Waals surface area contributed by atoms with Crippen molar-refractivity contribution in [3.63, 3.8) is 0 Å². The quantitative estimate of drug-likeness (QED) is 0.231. The molecule has 1 saturated heterocycles. The lowest BCUT2D eigenvalue weighted by Gasteiger charge is -2.30. The van der Waals surface area contributed by atoms with E-state index in [1.54, 1.807) is 42.5 Å². The van der Waals surface area contributed by atoms with E-state index < -0.39 is 36.1 Å². The van der Waals surface area contributed by atoms with Crippen LogP contribution in [-0.2, 0) is 14.3 Å². The topological polar surface area (TPSA) is 137 Å². The largest absolute Gasteiger partial charge is 0.440 e. The third-order valence-electron chi connectivity index (χ3n) is 4.95. The van der Waals surface area contributed by atoms with Gasteiger partial charge in [-0.3, -0.25) is 14.4 Å². The smallest absolute Gasteiger partial charge is 0.339 e. The van der Waals surface area contributed by atoms with E-state index in [4.69, 9.17) is 10.5 Å². The van der Waals surface area contributed by atoms with E-state index in [-0.39, 0.29) is 29.5 Å². The van der Waals surface area contributed by atoms with Gasteiger partial charge >= 0.3 is 5.97 Å². The highest BCUT2D eigenvalue weighted by atomic mass is 127. The normalized spacial score (nSPS) is 16.5. The molecule has 1 fully saturated rings. The molecule has 1 unspecified atom stereocenters. The SMILES string of the molecule is Nc1c(I)ccc2nnn(C3CCC(=O)N(COC(=O)c4ccccc4)C3=O)c(=O)c12. The van der Waals surface area contributed by atoms with Crippen LogP contribution in [0.5, 0.6) is 0 Å². The number of amides is 2. The molecule has 0 spiro atoms. The number of anilines is 1. The van der Waals surface area contributed by atoms with Gasteiger partial charge in [0, 0.05) is 9.99 Å². The Kier molecular flexibility index (Phi) is 5.67. The Hall–Kier alpha value is -3.35. The first kappa shape index (κ1) is 20.9. The average molecular weight is 533 g/mol. The summed E-state index contributed by atoms with van der Waals surface area (Å²) in [4.78, 5) is 51.3. The van der Waals surface area contributed by atoms with E-state index in [2.05, 4.69) is 10.3 Å². The Morgan fingerprint density at radius 1 is 1.16 bits per heavy atom. The van der Waals surface area contributed by atoms with Crippen LogP contribution in [0.25, 0.3) is 10.9 Å². The van der Waals surface area contributed by atoms with Gasteiger partial charge in [0.2, 0.25) is 5.91 Å². The van der Waals surface area contributed by atoms with Crippen molar-refractivity contribution >= 4 is 57.0 Å². The molecule has 1 aliphatic heterocycles. The van der Waals surface area contributed by atoms with Crippen molar-refractivity contribution in [2.75, 3.05) is 12.5 Å². The lowest BCUT2D eigenvalue weighted by Crippen LogP contribution is -2.49. The van der Waals surface area contributed by atoms with Gasteiger partial charge < -0.3 is 10.5 Å². The second-order valence-electron chi connectivity index (χ2n) is 6.84. The van der Waals surface area contributed by atoms with E-state index in [1.165, 1.54) is 0 Å². The van der Waals surface area contributed by atoms with Crippen molar-refractivity contribution in [2.24, 2.45) is 0 Å². The third-order valence-corrected chi connectivity index (χ3v) is 5.89. The van der Waals surface area contributed by atoms with Gasteiger partial charge in [-0.25, -0.2) is 9.69 Å². The monoisotopic (exact) mass is 533 g/mol. The summed E-state index contributed by atoms with van der Waals surface area (Å²) in [5.41, 5.74) is 6.32. The van der Waals surface area contributed by atoms with E-state index in [0.717, 1.165) is 9.58 Å².